The Kier molecular flexibility index (Phi) is 5.20. The summed E-state index contributed by atoms with van der Waals surface area (Å²) in [4.78, 5) is 44.6. The van der Waals surface area contributed by atoms with Gasteiger partial charge in [-0.05, 0) is 36.8 Å². The highest BCUT2D eigenvalue weighted by molar-refractivity contribution is 5.97. The zero-order valence-corrected chi connectivity index (χ0v) is 14.9. The van der Waals surface area contributed by atoms with Gasteiger partial charge in [-0.2, -0.15) is 0 Å². The average Bonchev–Trinajstić information content (AvgIpc) is 2.99. The Bertz CT molecular complexity index is 1050. The van der Waals surface area contributed by atoms with Gasteiger partial charge in [0.25, 0.3) is 0 Å². The number of anilines is 2. The molecule has 9 heteroatoms. The molecule has 0 saturated heterocycles. The maximum atomic E-state index is 12.1. The van der Waals surface area contributed by atoms with Crippen LogP contribution in [0.4, 0.5) is 11.5 Å². The van der Waals surface area contributed by atoms with E-state index in [-0.39, 0.29) is 30.3 Å². The van der Waals surface area contributed by atoms with E-state index in [2.05, 4.69) is 25.6 Å². The summed E-state index contributed by atoms with van der Waals surface area (Å²) in [5.41, 5.74) is 2.07. The van der Waals surface area contributed by atoms with Crippen molar-refractivity contribution in [2.45, 2.75) is 19.8 Å². The molecule has 27 heavy (non-hydrogen) atoms. The smallest absolute Gasteiger partial charge is 0.325 e. The lowest BCUT2D eigenvalue weighted by molar-refractivity contribution is -0.121. The minimum atomic E-state index is -0.371. The summed E-state index contributed by atoms with van der Waals surface area (Å²) in [5, 5.41) is 5.35. The Labute approximate surface area is 154 Å². The topological polar surface area (TPSA) is 129 Å². The number of amides is 2. The molecule has 2 heterocycles. The molecule has 0 unspecified atom stereocenters. The Morgan fingerprint density at radius 2 is 1.81 bits per heavy atom. The normalized spacial score (nSPS) is 10.6. The van der Waals surface area contributed by atoms with E-state index >= 15 is 0 Å². The van der Waals surface area contributed by atoms with E-state index in [1.807, 2.05) is 13.0 Å². The first-order valence-corrected chi connectivity index (χ1v) is 8.28. The van der Waals surface area contributed by atoms with Gasteiger partial charge in [0.1, 0.15) is 11.6 Å². The van der Waals surface area contributed by atoms with Crippen molar-refractivity contribution in [1.29, 1.82) is 0 Å². The third-order valence-electron chi connectivity index (χ3n) is 3.85. The third-order valence-corrected chi connectivity index (χ3v) is 3.85. The molecule has 0 spiro atoms. The van der Waals surface area contributed by atoms with Crippen molar-refractivity contribution in [2.75, 3.05) is 17.7 Å². The monoisotopic (exact) mass is 369 g/mol. The number of carbonyl (C=O) groups excluding carboxylic acids is 2. The highest BCUT2D eigenvalue weighted by Crippen LogP contribution is 2.25. The summed E-state index contributed by atoms with van der Waals surface area (Å²) >= 11 is 0. The summed E-state index contributed by atoms with van der Waals surface area (Å²) in [5.74, 6) is 0.193. The van der Waals surface area contributed by atoms with Gasteiger partial charge in [0.2, 0.25) is 11.8 Å². The summed E-state index contributed by atoms with van der Waals surface area (Å²) in [6, 6.07) is 8.65. The van der Waals surface area contributed by atoms with Crippen LogP contribution >= 0.6 is 0 Å². The number of fused-ring (bicyclic) bond motifs is 1. The Hall–Kier alpha value is -3.62. The quantitative estimate of drug-likeness (QED) is 0.528. The van der Waals surface area contributed by atoms with Crippen LogP contribution in [0, 0.1) is 6.92 Å². The number of hydrogen-bond donors (Lipinski definition) is 4. The van der Waals surface area contributed by atoms with Gasteiger partial charge in [-0.25, -0.2) is 9.78 Å². The number of H-pyrrole nitrogens is 2. The Balaban J connectivity index is 1.55. The van der Waals surface area contributed by atoms with Gasteiger partial charge in [-0.1, -0.05) is 6.07 Å². The van der Waals surface area contributed by atoms with Crippen LogP contribution in [0.3, 0.4) is 0 Å². The van der Waals surface area contributed by atoms with Crippen LogP contribution in [0.2, 0.25) is 0 Å². The highest BCUT2D eigenvalue weighted by Gasteiger charge is 2.11. The zero-order chi connectivity index (χ0) is 19.4. The highest BCUT2D eigenvalue weighted by atomic mass is 16.5. The fourth-order valence-corrected chi connectivity index (χ4v) is 2.55. The first kappa shape index (κ1) is 18.2. The molecule has 0 radical (unpaired) electrons. The maximum absolute atomic E-state index is 12.1. The molecule has 0 saturated carbocycles. The first-order valence-electron chi connectivity index (χ1n) is 8.28. The molecule has 3 aromatic rings. The molecule has 4 N–H and O–H groups in total. The second-order valence-electron chi connectivity index (χ2n) is 5.97. The molecule has 2 amide bonds. The largest absolute Gasteiger partial charge is 0.495 e. The number of rotatable bonds is 6. The molecule has 0 aliphatic carbocycles. The van der Waals surface area contributed by atoms with Gasteiger partial charge < -0.3 is 20.4 Å². The van der Waals surface area contributed by atoms with Crippen molar-refractivity contribution in [3.05, 3.63) is 46.4 Å². The second-order valence-corrected chi connectivity index (χ2v) is 5.97. The first-order chi connectivity index (χ1) is 12.9. The van der Waals surface area contributed by atoms with Crippen molar-refractivity contribution in [2.24, 2.45) is 0 Å². The number of aromatic nitrogens is 3. The molecule has 0 aliphatic rings. The number of nitrogens with one attached hydrogen (secondary N) is 4. The predicted octanol–water partition coefficient (Wildman–Crippen LogP) is 1.93. The summed E-state index contributed by atoms with van der Waals surface area (Å²) in [6.45, 7) is 1.91. The van der Waals surface area contributed by atoms with Crippen LogP contribution in [0.15, 0.2) is 35.1 Å². The van der Waals surface area contributed by atoms with E-state index in [9.17, 15) is 14.4 Å². The van der Waals surface area contributed by atoms with Gasteiger partial charge in [0.15, 0.2) is 5.65 Å². The lowest BCUT2D eigenvalue weighted by Crippen LogP contribution is -2.18. The molecule has 3 rings (SSSR count). The third kappa shape index (κ3) is 4.51. The summed E-state index contributed by atoms with van der Waals surface area (Å²) < 4.78 is 5.21. The minimum Gasteiger partial charge on any atom is -0.495 e. The van der Waals surface area contributed by atoms with Crippen molar-refractivity contribution in [3.63, 3.8) is 0 Å². The SMILES string of the molecule is COc1ccc(C)cc1NC(=O)CCC(=O)Nc1ccc2[nH]c(=O)[nH]c2n1. The maximum Gasteiger partial charge on any atom is 0.325 e. The lowest BCUT2D eigenvalue weighted by atomic mass is 10.2. The van der Waals surface area contributed by atoms with Gasteiger partial charge in [0, 0.05) is 12.8 Å². The number of hydrogen-bond acceptors (Lipinski definition) is 5. The standard InChI is InChI=1S/C18H19N5O4/c1-10-3-5-13(27-2)12(9-10)19-15(24)7-8-16(25)21-14-6-4-11-17(22-14)23-18(26)20-11/h3-6,9H,7-8H2,1-2H3,(H,19,24)(H3,20,21,22,23,25,26). The predicted molar refractivity (Wildman–Crippen MR) is 101 cm³/mol. The van der Waals surface area contributed by atoms with E-state index in [1.54, 1.807) is 24.3 Å². The molecule has 0 fully saturated rings. The van der Waals surface area contributed by atoms with Crippen LogP contribution < -0.4 is 21.1 Å². The number of benzene rings is 1. The number of aryl methyl sites for hydroxylation is 1. The Morgan fingerprint density at radius 3 is 2.56 bits per heavy atom. The Morgan fingerprint density at radius 1 is 1.07 bits per heavy atom. The number of imidazole rings is 1. The second kappa shape index (κ2) is 7.73. The van der Waals surface area contributed by atoms with Gasteiger partial charge in [-0.3, -0.25) is 14.6 Å². The molecule has 1 aromatic carbocycles. The lowest BCUT2D eigenvalue weighted by Gasteiger charge is -2.11. The fourth-order valence-electron chi connectivity index (χ4n) is 2.55. The fraction of sp³-hybridized carbons (Fsp3) is 0.222. The van der Waals surface area contributed by atoms with Gasteiger partial charge >= 0.3 is 5.69 Å². The van der Waals surface area contributed by atoms with Crippen LogP contribution in [-0.4, -0.2) is 33.9 Å². The van der Waals surface area contributed by atoms with Crippen molar-refractivity contribution in [3.8, 4) is 5.75 Å². The summed E-state index contributed by atoms with van der Waals surface area (Å²) in [6.07, 6.45) is -0.00446. The molecule has 0 bridgehead atoms. The van der Waals surface area contributed by atoms with E-state index in [1.165, 1.54) is 7.11 Å². The van der Waals surface area contributed by atoms with Crippen LogP contribution in [0.1, 0.15) is 18.4 Å². The van der Waals surface area contributed by atoms with E-state index in [0.717, 1.165) is 5.56 Å². The number of carbonyl (C=O) groups is 2. The van der Waals surface area contributed by atoms with Crippen molar-refractivity contribution < 1.29 is 14.3 Å². The van der Waals surface area contributed by atoms with E-state index in [0.29, 0.717) is 28.4 Å². The number of aromatic amines is 2. The zero-order valence-electron chi connectivity index (χ0n) is 14.9. The van der Waals surface area contributed by atoms with Crippen LogP contribution in [0.5, 0.6) is 5.75 Å². The molecule has 0 aliphatic heterocycles. The average molecular weight is 369 g/mol. The van der Waals surface area contributed by atoms with Crippen LogP contribution in [0.25, 0.3) is 11.2 Å². The van der Waals surface area contributed by atoms with Crippen LogP contribution in [-0.2, 0) is 9.59 Å². The van der Waals surface area contributed by atoms with Crippen molar-refractivity contribution >= 4 is 34.5 Å². The number of methoxy groups -OCH3 is 1. The molecule has 2 aromatic heterocycles. The molecular weight excluding hydrogens is 350 g/mol. The van der Waals surface area contributed by atoms with Crippen molar-refractivity contribution in [1.82, 2.24) is 15.0 Å². The minimum absolute atomic E-state index is 0.00611. The van der Waals surface area contributed by atoms with E-state index < -0.39 is 0 Å². The molecule has 140 valence electrons. The molecular formula is C18H19N5O4. The van der Waals surface area contributed by atoms with Gasteiger partial charge in [-0.15, -0.1) is 0 Å². The van der Waals surface area contributed by atoms with E-state index in [4.69, 9.17) is 4.74 Å². The number of pyridine rings is 1. The summed E-state index contributed by atoms with van der Waals surface area (Å²) in [7, 11) is 1.52. The van der Waals surface area contributed by atoms with Gasteiger partial charge in [0.05, 0.1) is 18.3 Å². The number of ether oxygens (including phenoxy) is 1. The molecule has 9 nitrogen and oxygen atoms in total. The number of nitrogens with zero attached hydrogens (tertiary/aromatic N) is 1. The molecule has 0 atom stereocenters.